The molecule has 0 amide bonds. The van der Waals surface area contributed by atoms with Gasteiger partial charge in [0.15, 0.2) is 5.82 Å². The minimum atomic E-state index is -0.0537. The van der Waals surface area contributed by atoms with E-state index in [1.165, 1.54) is 11.3 Å². The second-order valence-corrected chi connectivity index (χ2v) is 6.79. The first-order valence-electron chi connectivity index (χ1n) is 5.20. The predicted molar refractivity (Wildman–Crippen MR) is 77.9 cm³/mol. The van der Waals surface area contributed by atoms with Gasteiger partial charge in [-0.25, -0.2) is 4.98 Å². The third-order valence-electron chi connectivity index (χ3n) is 2.66. The van der Waals surface area contributed by atoms with E-state index < -0.39 is 0 Å². The van der Waals surface area contributed by atoms with Crippen molar-refractivity contribution in [3.63, 3.8) is 0 Å². The highest BCUT2D eigenvalue weighted by molar-refractivity contribution is 14.1. The van der Waals surface area contributed by atoms with Gasteiger partial charge in [0.05, 0.1) is 14.9 Å². The molecule has 6 heteroatoms. The molecule has 0 aliphatic heterocycles. The molecule has 2 aromatic heterocycles. The second kappa shape index (κ2) is 4.37. The SMILES string of the molecule is O=c1[nH]c(-c2ccc(Cl)s2)nc(C2CC2)c1I. The molecule has 1 aliphatic rings. The normalized spacial score (nSPS) is 15.2. The largest absolute Gasteiger partial charge is 0.305 e. The molecule has 0 aromatic carbocycles. The summed E-state index contributed by atoms with van der Waals surface area (Å²) in [5.41, 5.74) is 0.885. The van der Waals surface area contributed by atoms with Crippen molar-refractivity contribution in [1.82, 2.24) is 9.97 Å². The van der Waals surface area contributed by atoms with Gasteiger partial charge in [-0.3, -0.25) is 4.79 Å². The third kappa shape index (κ3) is 2.28. The van der Waals surface area contributed by atoms with Gasteiger partial charge in [-0.2, -0.15) is 0 Å². The molecule has 17 heavy (non-hydrogen) atoms. The van der Waals surface area contributed by atoms with E-state index in [2.05, 4.69) is 32.6 Å². The highest BCUT2D eigenvalue weighted by Crippen LogP contribution is 2.41. The summed E-state index contributed by atoms with van der Waals surface area (Å²) in [4.78, 5) is 20.1. The van der Waals surface area contributed by atoms with E-state index in [0.29, 0.717) is 16.1 Å². The van der Waals surface area contributed by atoms with Crippen LogP contribution in [0.25, 0.3) is 10.7 Å². The van der Waals surface area contributed by atoms with Crippen LogP contribution in [0.3, 0.4) is 0 Å². The van der Waals surface area contributed by atoms with Crippen LogP contribution in [-0.2, 0) is 0 Å². The van der Waals surface area contributed by atoms with Gasteiger partial charge in [-0.05, 0) is 47.6 Å². The molecular formula is C11H8ClIN2OS. The Labute approximate surface area is 120 Å². The van der Waals surface area contributed by atoms with Crippen molar-refractivity contribution < 1.29 is 0 Å². The van der Waals surface area contributed by atoms with Gasteiger partial charge < -0.3 is 4.98 Å². The van der Waals surface area contributed by atoms with E-state index in [1.54, 1.807) is 0 Å². The van der Waals surface area contributed by atoms with Crippen LogP contribution in [0.4, 0.5) is 0 Å². The number of halogens is 2. The number of nitrogens with zero attached hydrogens (tertiary/aromatic N) is 1. The molecule has 1 aliphatic carbocycles. The minimum absolute atomic E-state index is 0.0537. The summed E-state index contributed by atoms with van der Waals surface area (Å²) in [6.45, 7) is 0. The lowest BCUT2D eigenvalue weighted by atomic mass is 10.3. The molecule has 0 radical (unpaired) electrons. The van der Waals surface area contributed by atoms with Crippen LogP contribution >= 0.6 is 45.5 Å². The number of aromatic nitrogens is 2. The molecule has 1 saturated carbocycles. The van der Waals surface area contributed by atoms with Crippen molar-refractivity contribution >= 4 is 45.5 Å². The van der Waals surface area contributed by atoms with E-state index in [0.717, 1.165) is 27.0 Å². The first-order valence-corrected chi connectivity index (χ1v) is 7.48. The third-order valence-corrected chi connectivity index (χ3v) is 4.94. The van der Waals surface area contributed by atoms with Crippen molar-refractivity contribution in [2.24, 2.45) is 0 Å². The van der Waals surface area contributed by atoms with E-state index in [4.69, 9.17) is 11.6 Å². The van der Waals surface area contributed by atoms with Crippen molar-refractivity contribution in [2.45, 2.75) is 18.8 Å². The number of H-pyrrole nitrogens is 1. The smallest absolute Gasteiger partial charge is 0.264 e. The Balaban J connectivity index is 2.14. The molecule has 0 atom stereocenters. The Bertz CT molecular complexity index is 633. The summed E-state index contributed by atoms with van der Waals surface area (Å²) in [5, 5.41) is 0. The quantitative estimate of drug-likeness (QED) is 0.811. The zero-order chi connectivity index (χ0) is 12.0. The average Bonchev–Trinajstić information content (AvgIpc) is 3.05. The molecule has 0 saturated heterocycles. The zero-order valence-electron chi connectivity index (χ0n) is 8.67. The number of thiophene rings is 1. The van der Waals surface area contributed by atoms with Crippen LogP contribution in [-0.4, -0.2) is 9.97 Å². The second-order valence-electron chi connectivity index (χ2n) is 3.99. The Morgan fingerprint density at radius 3 is 2.82 bits per heavy atom. The van der Waals surface area contributed by atoms with Gasteiger partial charge in [0.1, 0.15) is 3.57 Å². The van der Waals surface area contributed by atoms with Crippen LogP contribution in [0.15, 0.2) is 16.9 Å². The maximum absolute atomic E-state index is 11.8. The lowest BCUT2D eigenvalue weighted by Crippen LogP contribution is -2.15. The number of hydrogen-bond acceptors (Lipinski definition) is 3. The van der Waals surface area contributed by atoms with Crippen LogP contribution in [0.5, 0.6) is 0 Å². The number of nitrogens with one attached hydrogen (secondary N) is 1. The molecule has 88 valence electrons. The van der Waals surface area contributed by atoms with Gasteiger partial charge in [-0.15, -0.1) is 11.3 Å². The lowest BCUT2D eigenvalue weighted by Gasteiger charge is -2.03. The van der Waals surface area contributed by atoms with Crippen molar-refractivity contribution in [2.75, 3.05) is 0 Å². The van der Waals surface area contributed by atoms with Crippen molar-refractivity contribution in [3.8, 4) is 10.7 Å². The van der Waals surface area contributed by atoms with E-state index >= 15 is 0 Å². The Hall–Kier alpha value is -0.400. The molecule has 0 bridgehead atoms. The zero-order valence-corrected chi connectivity index (χ0v) is 12.4. The first kappa shape index (κ1) is 11.7. The summed E-state index contributed by atoms with van der Waals surface area (Å²) < 4.78 is 1.42. The Morgan fingerprint density at radius 2 is 2.24 bits per heavy atom. The van der Waals surface area contributed by atoms with Crippen LogP contribution < -0.4 is 5.56 Å². The van der Waals surface area contributed by atoms with E-state index in [9.17, 15) is 4.79 Å². The first-order chi connectivity index (χ1) is 8.15. The standard InChI is InChI=1S/C11H8ClIN2OS/c12-7-4-3-6(17-7)10-14-9(5-1-2-5)8(13)11(16)15-10/h3-5H,1-2H2,(H,14,15,16). The fourth-order valence-corrected chi connectivity index (χ4v) is 3.35. The molecule has 3 rings (SSSR count). The summed E-state index contributed by atoms with van der Waals surface area (Å²) in [5.74, 6) is 1.10. The van der Waals surface area contributed by atoms with Crippen molar-refractivity contribution in [3.05, 3.63) is 36.1 Å². The van der Waals surface area contributed by atoms with E-state index in [1.807, 2.05) is 12.1 Å². The molecule has 2 heterocycles. The fourth-order valence-electron chi connectivity index (χ4n) is 1.66. The molecule has 3 nitrogen and oxygen atoms in total. The summed E-state index contributed by atoms with van der Waals surface area (Å²) >= 11 is 9.39. The molecule has 2 aromatic rings. The van der Waals surface area contributed by atoms with Crippen molar-refractivity contribution in [1.29, 1.82) is 0 Å². The van der Waals surface area contributed by atoms with Crippen LogP contribution in [0.2, 0.25) is 4.34 Å². The number of hydrogen-bond donors (Lipinski definition) is 1. The maximum Gasteiger partial charge on any atom is 0.264 e. The molecular weight excluding hydrogens is 371 g/mol. The fraction of sp³-hybridized carbons (Fsp3) is 0.273. The number of rotatable bonds is 2. The van der Waals surface area contributed by atoms with Gasteiger partial charge in [0.25, 0.3) is 5.56 Å². The predicted octanol–water partition coefficient (Wildman–Crippen LogP) is 3.63. The molecule has 0 unspecified atom stereocenters. The van der Waals surface area contributed by atoms with Crippen LogP contribution in [0.1, 0.15) is 24.5 Å². The monoisotopic (exact) mass is 378 g/mol. The van der Waals surface area contributed by atoms with Gasteiger partial charge in [-0.1, -0.05) is 11.6 Å². The average molecular weight is 379 g/mol. The van der Waals surface area contributed by atoms with E-state index in [-0.39, 0.29) is 5.56 Å². The minimum Gasteiger partial charge on any atom is -0.305 e. The van der Waals surface area contributed by atoms with Crippen LogP contribution in [0, 0.1) is 3.57 Å². The summed E-state index contributed by atoms with van der Waals surface area (Å²) in [6.07, 6.45) is 2.27. The molecule has 1 fully saturated rings. The lowest BCUT2D eigenvalue weighted by molar-refractivity contribution is 0.960. The maximum atomic E-state index is 11.8. The highest BCUT2D eigenvalue weighted by atomic mass is 127. The van der Waals surface area contributed by atoms with Gasteiger partial charge >= 0.3 is 0 Å². The number of aromatic amines is 1. The summed E-state index contributed by atoms with van der Waals surface area (Å²) in [6, 6.07) is 3.70. The van der Waals surface area contributed by atoms with Gasteiger partial charge in [0.2, 0.25) is 0 Å². The summed E-state index contributed by atoms with van der Waals surface area (Å²) in [7, 11) is 0. The highest BCUT2D eigenvalue weighted by Gasteiger charge is 2.29. The molecule has 0 spiro atoms. The topological polar surface area (TPSA) is 45.8 Å². The Morgan fingerprint density at radius 1 is 1.47 bits per heavy atom. The Kier molecular flexibility index (Phi) is 3.00. The molecule has 1 N–H and O–H groups in total. The van der Waals surface area contributed by atoms with Gasteiger partial charge in [0, 0.05) is 5.92 Å².